The number of benzene rings is 3. The number of piperazine rings is 1. The minimum Gasteiger partial charge on any atom is -0.492 e. The van der Waals surface area contributed by atoms with Crippen LogP contribution in [0.25, 0.3) is 10.8 Å². The van der Waals surface area contributed by atoms with Crippen LogP contribution in [0.1, 0.15) is 26.3 Å². The number of nitrogens with zero attached hydrogens (tertiary/aromatic N) is 3. The van der Waals surface area contributed by atoms with Crippen molar-refractivity contribution >= 4 is 35.2 Å². The number of ether oxygens (including phenoxy) is 1. The number of hydrogen-bond donors (Lipinski definition) is 1. The minimum atomic E-state index is -0.194. The molecule has 1 saturated heterocycles. The molecule has 0 aromatic heterocycles. The van der Waals surface area contributed by atoms with Gasteiger partial charge in [-0.3, -0.25) is 24.3 Å². The van der Waals surface area contributed by atoms with E-state index in [1.54, 1.807) is 0 Å². The number of allylic oxidation sites excluding steroid dienone is 1. The molecule has 2 aliphatic rings. The van der Waals surface area contributed by atoms with Gasteiger partial charge in [-0.15, -0.1) is 6.58 Å². The van der Waals surface area contributed by atoms with E-state index in [0.717, 1.165) is 61.2 Å². The second-order valence-corrected chi connectivity index (χ2v) is 10.4. The van der Waals surface area contributed by atoms with Crippen LogP contribution in [0, 0.1) is 0 Å². The first-order valence-electron chi connectivity index (χ1n) is 12.9. The summed E-state index contributed by atoms with van der Waals surface area (Å²) in [6, 6.07) is 19.4. The number of thiol groups is 1. The lowest BCUT2D eigenvalue weighted by molar-refractivity contribution is 0.0572. The highest BCUT2D eigenvalue weighted by Gasteiger charge is 2.33. The van der Waals surface area contributed by atoms with E-state index in [4.69, 9.17) is 17.4 Å². The van der Waals surface area contributed by atoms with E-state index in [9.17, 15) is 9.59 Å². The van der Waals surface area contributed by atoms with E-state index < -0.39 is 0 Å². The first kappa shape index (κ1) is 25.5. The zero-order valence-corrected chi connectivity index (χ0v) is 21.9. The van der Waals surface area contributed by atoms with Crippen molar-refractivity contribution in [3.63, 3.8) is 0 Å². The van der Waals surface area contributed by atoms with Crippen LogP contribution in [0.15, 0.2) is 73.3 Å². The van der Waals surface area contributed by atoms with Crippen molar-refractivity contribution in [2.75, 3.05) is 52.4 Å². The van der Waals surface area contributed by atoms with Gasteiger partial charge in [0.1, 0.15) is 12.4 Å². The van der Waals surface area contributed by atoms with Gasteiger partial charge < -0.3 is 4.74 Å². The predicted octanol–water partition coefficient (Wildman–Crippen LogP) is 4.16. The van der Waals surface area contributed by atoms with Crippen molar-refractivity contribution in [3.05, 3.63) is 90.0 Å². The number of rotatable bonds is 10. The minimum absolute atomic E-state index is 0.106. The molecule has 192 valence electrons. The Kier molecular flexibility index (Phi) is 7.93. The molecule has 3 aromatic carbocycles. The van der Waals surface area contributed by atoms with Crippen molar-refractivity contribution in [1.82, 2.24) is 14.7 Å². The number of carbonyl (C=O) groups excluding carboxylic acids is 2. The maximum absolute atomic E-state index is 13.1. The van der Waals surface area contributed by atoms with E-state index in [2.05, 4.69) is 22.4 Å². The molecule has 0 saturated carbocycles. The molecule has 3 aromatic rings. The van der Waals surface area contributed by atoms with Crippen LogP contribution in [0.4, 0.5) is 0 Å². The summed E-state index contributed by atoms with van der Waals surface area (Å²) in [6.45, 7) is 9.94. The summed E-state index contributed by atoms with van der Waals surface area (Å²) in [5.41, 5.74) is 2.37. The zero-order valence-electron chi connectivity index (χ0n) is 21.0. The summed E-state index contributed by atoms with van der Waals surface area (Å²) in [4.78, 5) is 32.4. The van der Waals surface area contributed by atoms with Crippen molar-refractivity contribution < 1.29 is 14.3 Å². The van der Waals surface area contributed by atoms with Gasteiger partial charge in [-0.05, 0) is 35.6 Å². The largest absolute Gasteiger partial charge is 0.492 e. The van der Waals surface area contributed by atoms with Crippen LogP contribution in [-0.2, 0) is 6.42 Å². The van der Waals surface area contributed by atoms with E-state index in [1.807, 2.05) is 60.7 Å². The second kappa shape index (κ2) is 11.5. The van der Waals surface area contributed by atoms with Gasteiger partial charge in [-0.1, -0.05) is 48.5 Å². The average Bonchev–Trinajstić information content (AvgIpc) is 2.92. The van der Waals surface area contributed by atoms with E-state index in [1.165, 1.54) is 4.90 Å². The Bertz CT molecular complexity index is 1250. The molecule has 1 unspecified atom stereocenters. The Balaban J connectivity index is 1.09. The Morgan fingerprint density at radius 2 is 1.51 bits per heavy atom. The summed E-state index contributed by atoms with van der Waals surface area (Å²) in [5.74, 6) is 0.507. The first-order chi connectivity index (χ1) is 18.0. The summed E-state index contributed by atoms with van der Waals surface area (Å²) < 4.78 is 6.06. The smallest absolute Gasteiger partial charge is 0.261 e. The van der Waals surface area contributed by atoms with Crippen molar-refractivity contribution in [2.45, 2.75) is 11.7 Å². The molecule has 2 heterocycles. The van der Waals surface area contributed by atoms with Crippen LogP contribution in [0.5, 0.6) is 5.75 Å². The normalized spacial score (nSPS) is 17.3. The molecule has 6 nitrogen and oxygen atoms in total. The summed E-state index contributed by atoms with van der Waals surface area (Å²) in [6.07, 6.45) is 2.67. The molecule has 5 rings (SSSR count). The molecule has 0 aliphatic carbocycles. The molecule has 0 N–H and O–H groups in total. The Hall–Kier alpha value is -3.13. The van der Waals surface area contributed by atoms with Crippen molar-refractivity contribution in [2.24, 2.45) is 0 Å². The van der Waals surface area contributed by atoms with Gasteiger partial charge in [-0.2, -0.15) is 12.6 Å². The van der Waals surface area contributed by atoms with Crippen LogP contribution in [0.2, 0.25) is 0 Å². The van der Waals surface area contributed by atoms with Crippen molar-refractivity contribution in [3.8, 4) is 5.75 Å². The molecule has 7 heteroatoms. The molecule has 0 radical (unpaired) electrons. The van der Waals surface area contributed by atoms with Crippen molar-refractivity contribution in [1.29, 1.82) is 0 Å². The SMILES string of the molecule is C=CCc1ccccc1OCC(S)CN1CCN(CCN2C(=O)c3cccc4cccc(c34)C2=O)CC1. The third-order valence-corrected chi connectivity index (χ3v) is 7.51. The topological polar surface area (TPSA) is 53.1 Å². The van der Waals surface area contributed by atoms with E-state index in [-0.39, 0.29) is 17.1 Å². The fourth-order valence-electron chi connectivity index (χ4n) is 5.23. The van der Waals surface area contributed by atoms with Gasteiger partial charge in [0.2, 0.25) is 0 Å². The van der Waals surface area contributed by atoms with Gasteiger partial charge in [-0.25, -0.2) is 0 Å². The average molecular weight is 516 g/mol. The highest BCUT2D eigenvalue weighted by Crippen LogP contribution is 2.30. The molecule has 1 atom stereocenters. The summed E-state index contributed by atoms with van der Waals surface area (Å²) in [7, 11) is 0. The molecule has 1 fully saturated rings. The number of amides is 2. The highest BCUT2D eigenvalue weighted by molar-refractivity contribution is 7.81. The Morgan fingerprint density at radius 3 is 2.19 bits per heavy atom. The molecule has 37 heavy (non-hydrogen) atoms. The van der Waals surface area contributed by atoms with Gasteiger partial charge in [0.15, 0.2) is 0 Å². The van der Waals surface area contributed by atoms with Gasteiger partial charge >= 0.3 is 0 Å². The molecule has 0 bridgehead atoms. The maximum Gasteiger partial charge on any atom is 0.261 e. The maximum atomic E-state index is 13.1. The fraction of sp³-hybridized carbons (Fsp3) is 0.333. The van der Waals surface area contributed by atoms with Gasteiger partial charge in [0, 0.05) is 67.6 Å². The highest BCUT2D eigenvalue weighted by atomic mass is 32.1. The summed E-state index contributed by atoms with van der Waals surface area (Å²) in [5, 5.41) is 1.82. The predicted molar refractivity (Wildman–Crippen MR) is 151 cm³/mol. The molecule has 0 spiro atoms. The summed E-state index contributed by atoms with van der Waals surface area (Å²) >= 11 is 4.77. The second-order valence-electron chi connectivity index (χ2n) is 9.68. The lowest BCUT2D eigenvalue weighted by Crippen LogP contribution is -2.51. The van der Waals surface area contributed by atoms with Gasteiger partial charge in [0.05, 0.1) is 0 Å². The quantitative estimate of drug-likeness (QED) is 0.250. The standard InChI is InChI=1S/C30H33N3O3S/c1-2-7-22-8-3-4-13-27(22)36-21-24(37)20-32-16-14-31(15-17-32)18-19-33-29(34)25-11-5-9-23-10-6-12-26(28(23)25)30(33)35/h2-6,8-13,24,37H,1,7,14-21H2. The first-order valence-corrected chi connectivity index (χ1v) is 13.4. The van der Waals surface area contributed by atoms with E-state index >= 15 is 0 Å². The number of carbonyl (C=O) groups is 2. The van der Waals surface area contributed by atoms with E-state index in [0.29, 0.717) is 30.8 Å². The lowest BCUT2D eigenvalue weighted by atomic mass is 9.94. The number of imide groups is 1. The molecule has 2 aliphatic heterocycles. The third kappa shape index (κ3) is 5.59. The fourth-order valence-corrected chi connectivity index (χ4v) is 5.53. The molecular weight excluding hydrogens is 482 g/mol. The van der Waals surface area contributed by atoms with Crippen LogP contribution < -0.4 is 4.74 Å². The lowest BCUT2D eigenvalue weighted by Gasteiger charge is -2.37. The monoisotopic (exact) mass is 515 g/mol. The van der Waals surface area contributed by atoms with Crippen LogP contribution in [-0.4, -0.2) is 84.2 Å². The van der Waals surface area contributed by atoms with Crippen LogP contribution >= 0.6 is 12.6 Å². The Morgan fingerprint density at radius 1 is 0.865 bits per heavy atom. The third-order valence-electron chi connectivity index (χ3n) is 7.20. The molecular formula is C30H33N3O3S. The Labute approximate surface area is 223 Å². The zero-order chi connectivity index (χ0) is 25.8. The van der Waals surface area contributed by atoms with Crippen LogP contribution in [0.3, 0.4) is 0 Å². The van der Waals surface area contributed by atoms with Gasteiger partial charge in [0.25, 0.3) is 11.8 Å². The number of hydrogen-bond acceptors (Lipinski definition) is 6. The number of para-hydroxylation sites is 1. The molecule has 2 amide bonds.